The number of unbranched alkanes of at least 4 members (excludes halogenated alkanes) is 2. The van der Waals surface area contributed by atoms with Crippen molar-refractivity contribution in [1.29, 1.82) is 0 Å². The van der Waals surface area contributed by atoms with Crippen LogP contribution in [-0.2, 0) is 4.74 Å². The molecule has 0 atom stereocenters. The molecule has 20 heavy (non-hydrogen) atoms. The first kappa shape index (κ1) is 15.1. The number of thiazole rings is 1. The van der Waals surface area contributed by atoms with Gasteiger partial charge in [0.05, 0.1) is 16.8 Å². The van der Waals surface area contributed by atoms with E-state index in [0.29, 0.717) is 6.61 Å². The van der Waals surface area contributed by atoms with Gasteiger partial charge in [-0.2, -0.15) is 0 Å². The highest BCUT2D eigenvalue weighted by Crippen LogP contribution is 2.29. The number of benzene rings is 1. The van der Waals surface area contributed by atoms with E-state index in [1.54, 1.807) is 18.4 Å². The number of hydrogen-bond acceptors (Lipinski definition) is 5. The SMILES string of the molecule is CCOc1ccc2nc(NCCCCCOC)sc2c1. The topological polar surface area (TPSA) is 43.4 Å². The maximum atomic E-state index is 5.51. The van der Waals surface area contributed by atoms with Crippen molar-refractivity contribution in [2.45, 2.75) is 26.2 Å². The van der Waals surface area contributed by atoms with Crippen LogP contribution in [0.1, 0.15) is 26.2 Å². The molecule has 1 N–H and O–H groups in total. The van der Waals surface area contributed by atoms with Crippen molar-refractivity contribution in [3.63, 3.8) is 0 Å². The highest BCUT2D eigenvalue weighted by molar-refractivity contribution is 7.22. The van der Waals surface area contributed by atoms with Gasteiger partial charge >= 0.3 is 0 Å². The Hall–Kier alpha value is -1.33. The van der Waals surface area contributed by atoms with Crippen LogP contribution in [0.5, 0.6) is 5.75 Å². The Bertz CT molecular complexity index is 528. The van der Waals surface area contributed by atoms with E-state index in [9.17, 15) is 0 Å². The molecule has 0 unspecified atom stereocenters. The molecule has 0 saturated carbocycles. The molecule has 0 aliphatic carbocycles. The molecule has 0 saturated heterocycles. The predicted molar refractivity (Wildman–Crippen MR) is 85.0 cm³/mol. The van der Waals surface area contributed by atoms with Crippen LogP contribution in [-0.4, -0.2) is 31.9 Å². The Morgan fingerprint density at radius 3 is 2.95 bits per heavy atom. The average molecular weight is 294 g/mol. The standard InChI is InChI=1S/C15H22N2O2S/c1-3-19-12-7-8-13-14(11-12)20-15(17-13)16-9-5-4-6-10-18-2/h7-8,11H,3-6,9-10H2,1-2H3,(H,16,17). The molecule has 0 aliphatic heterocycles. The summed E-state index contributed by atoms with van der Waals surface area (Å²) in [6.07, 6.45) is 3.44. The molecule has 0 spiro atoms. The minimum absolute atomic E-state index is 0.691. The third-order valence-electron chi connectivity index (χ3n) is 2.97. The van der Waals surface area contributed by atoms with Gasteiger partial charge in [0.15, 0.2) is 5.13 Å². The van der Waals surface area contributed by atoms with Crippen LogP contribution in [0.4, 0.5) is 5.13 Å². The number of aromatic nitrogens is 1. The third kappa shape index (κ3) is 4.35. The molecule has 1 heterocycles. The summed E-state index contributed by atoms with van der Waals surface area (Å²) in [5.74, 6) is 0.912. The third-order valence-corrected chi connectivity index (χ3v) is 3.95. The molecular weight excluding hydrogens is 272 g/mol. The van der Waals surface area contributed by atoms with Crippen LogP contribution in [0.15, 0.2) is 18.2 Å². The quantitative estimate of drug-likeness (QED) is 0.712. The molecule has 0 bridgehead atoms. The lowest BCUT2D eigenvalue weighted by atomic mass is 10.2. The largest absolute Gasteiger partial charge is 0.494 e. The van der Waals surface area contributed by atoms with Crippen molar-refractivity contribution >= 4 is 26.7 Å². The predicted octanol–water partition coefficient (Wildman–Crippen LogP) is 3.92. The Morgan fingerprint density at radius 1 is 1.25 bits per heavy atom. The lowest BCUT2D eigenvalue weighted by Crippen LogP contribution is -2.01. The summed E-state index contributed by atoms with van der Waals surface area (Å²) in [7, 11) is 1.75. The lowest BCUT2D eigenvalue weighted by molar-refractivity contribution is 0.192. The lowest BCUT2D eigenvalue weighted by Gasteiger charge is -2.01. The summed E-state index contributed by atoms with van der Waals surface area (Å²) in [6, 6.07) is 6.04. The van der Waals surface area contributed by atoms with E-state index in [1.807, 2.05) is 19.1 Å². The number of fused-ring (bicyclic) bond motifs is 1. The van der Waals surface area contributed by atoms with Crippen molar-refractivity contribution < 1.29 is 9.47 Å². The fourth-order valence-corrected chi connectivity index (χ4v) is 2.90. The Balaban J connectivity index is 1.84. The zero-order chi connectivity index (χ0) is 14.2. The maximum Gasteiger partial charge on any atom is 0.183 e. The summed E-state index contributed by atoms with van der Waals surface area (Å²) in [4.78, 5) is 4.58. The number of rotatable bonds is 9. The number of nitrogens with zero attached hydrogens (tertiary/aromatic N) is 1. The van der Waals surface area contributed by atoms with Gasteiger partial charge in [0.2, 0.25) is 0 Å². The van der Waals surface area contributed by atoms with E-state index in [4.69, 9.17) is 9.47 Å². The maximum absolute atomic E-state index is 5.51. The van der Waals surface area contributed by atoms with Gasteiger partial charge in [0.25, 0.3) is 0 Å². The number of hydrogen-bond donors (Lipinski definition) is 1. The molecule has 4 nitrogen and oxygen atoms in total. The summed E-state index contributed by atoms with van der Waals surface area (Å²) in [6.45, 7) is 4.49. The Kier molecular flexibility index (Phi) is 6.08. The van der Waals surface area contributed by atoms with Crippen molar-refractivity contribution in [1.82, 2.24) is 4.98 Å². The fourth-order valence-electron chi connectivity index (χ4n) is 1.98. The molecule has 5 heteroatoms. The van der Waals surface area contributed by atoms with E-state index in [-0.39, 0.29) is 0 Å². The van der Waals surface area contributed by atoms with Gasteiger partial charge in [-0.3, -0.25) is 0 Å². The van der Waals surface area contributed by atoms with Crippen LogP contribution in [0.25, 0.3) is 10.2 Å². The highest BCUT2D eigenvalue weighted by Gasteiger charge is 2.04. The first-order valence-corrected chi connectivity index (χ1v) is 7.91. The summed E-state index contributed by atoms with van der Waals surface area (Å²) in [5, 5.41) is 4.37. The number of nitrogens with one attached hydrogen (secondary N) is 1. The van der Waals surface area contributed by atoms with E-state index in [1.165, 1.54) is 6.42 Å². The Morgan fingerprint density at radius 2 is 2.15 bits per heavy atom. The van der Waals surface area contributed by atoms with Crippen LogP contribution in [0, 0.1) is 0 Å². The van der Waals surface area contributed by atoms with Crippen LogP contribution in [0.2, 0.25) is 0 Å². The summed E-state index contributed by atoms with van der Waals surface area (Å²) in [5.41, 5.74) is 1.03. The monoisotopic (exact) mass is 294 g/mol. The Labute approximate surface area is 124 Å². The molecular formula is C15H22N2O2S. The number of methoxy groups -OCH3 is 1. The minimum atomic E-state index is 0.691. The summed E-state index contributed by atoms with van der Waals surface area (Å²) < 4.78 is 11.7. The molecule has 2 aromatic rings. The zero-order valence-electron chi connectivity index (χ0n) is 12.1. The van der Waals surface area contributed by atoms with E-state index >= 15 is 0 Å². The first-order chi connectivity index (χ1) is 9.83. The van der Waals surface area contributed by atoms with Crippen molar-refractivity contribution in [2.24, 2.45) is 0 Å². The van der Waals surface area contributed by atoms with E-state index in [0.717, 1.165) is 47.1 Å². The molecule has 2 rings (SSSR count). The van der Waals surface area contributed by atoms with Gasteiger partial charge in [0.1, 0.15) is 5.75 Å². The molecule has 0 radical (unpaired) electrons. The minimum Gasteiger partial charge on any atom is -0.494 e. The number of anilines is 1. The second-order valence-corrected chi connectivity index (χ2v) is 5.59. The zero-order valence-corrected chi connectivity index (χ0v) is 13.0. The molecule has 0 fully saturated rings. The second-order valence-electron chi connectivity index (χ2n) is 4.56. The smallest absolute Gasteiger partial charge is 0.183 e. The summed E-state index contributed by atoms with van der Waals surface area (Å²) >= 11 is 1.68. The average Bonchev–Trinajstić information content (AvgIpc) is 2.85. The molecule has 0 amide bonds. The normalized spacial score (nSPS) is 10.9. The highest BCUT2D eigenvalue weighted by atomic mass is 32.1. The van der Waals surface area contributed by atoms with Crippen molar-refractivity contribution in [3.8, 4) is 5.75 Å². The van der Waals surface area contributed by atoms with Gasteiger partial charge in [-0.1, -0.05) is 11.3 Å². The first-order valence-electron chi connectivity index (χ1n) is 7.09. The van der Waals surface area contributed by atoms with Gasteiger partial charge in [-0.05, 0) is 44.4 Å². The van der Waals surface area contributed by atoms with Crippen LogP contribution < -0.4 is 10.1 Å². The number of ether oxygens (including phenoxy) is 2. The van der Waals surface area contributed by atoms with Gasteiger partial charge in [-0.15, -0.1) is 0 Å². The van der Waals surface area contributed by atoms with Gasteiger partial charge < -0.3 is 14.8 Å². The van der Waals surface area contributed by atoms with Gasteiger partial charge in [0, 0.05) is 20.3 Å². The van der Waals surface area contributed by atoms with Crippen molar-refractivity contribution in [3.05, 3.63) is 18.2 Å². The van der Waals surface area contributed by atoms with Crippen LogP contribution in [0.3, 0.4) is 0 Å². The van der Waals surface area contributed by atoms with Crippen molar-refractivity contribution in [2.75, 3.05) is 32.2 Å². The van der Waals surface area contributed by atoms with Gasteiger partial charge in [-0.25, -0.2) is 4.98 Å². The molecule has 1 aromatic carbocycles. The second kappa shape index (κ2) is 8.07. The van der Waals surface area contributed by atoms with Crippen LogP contribution >= 0.6 is 11.3 Å². The fraction of sp³-hybridized carbons (Fsp3) is 0.533. The molecule has 110 valence electrons. The molecule has 0 aliphatic rings. The molecule has 1 aromatic heterocycles. The van der Waals surface area contributed by atoms with E-state index < -0.39 is 0 Å². The van der Waals surface area contributed by atoms with E-state index in [2.05, 4.69) is 16.4 Å².